The highest BCUT2D eigenvalue weighted by atomic mass is 35.5. The molecule has 2 rings (SSSR count). The smallest absolute Gasteiger partial charge is 0.341 e. The number of nitriles is 1. The van der Waals surface area contributed by atoms with Crippen molar-refractivity contribution < 1.29 is 19.0 Å². The first-order valence-electron chi connectivity index (χ1n) is 5.28. The fourth-order valence-corrected chi connectivity index (χ4v) is 1.56. The van der Waals surface area contributed by atoms with E-state index in [2.05, 4.69) is 4.98 Å². The van der Waals surface area contributed by atoms with Gasteiger partial charge in [-0.2, -0.15) is 5.26 Å². The second-order valence-electron chi connectivity index (χ2n) is 3.65. The highest BCUT2D eigenvalue weighted by Crippen LogP contribution is 2.27. The normalized spacial score (nSPS) is 9.85. The molecule has 0 spiro atoms. The minimum atomic E-state index is -1.28. The van der Waals surface area contributed by atoms with E-state index in [4.69, 9.17) is 26.7 Å². The number of carboxylic acids is 1. The summed E-state index contributed by atoms with van der Waals surface area (Å²) >= 11 is 5.65. The summed E-state index contributed by atoms with van der Waals surface area (Å²) in [6.45, 7) is 0. The molecular formula is C13H6ClFN2O3. The molecule has 0 radical (unpaired) electrons. The molecule has 100 valence electrons. The molecule has 0 aliphatic carbocycles. The number of ether oxygens (including phenoxy) is 1. The first-order valence-corrected chi connectivity index (χ1v) is 5.66. The van der Waals surface area contributed by atoms with E-state index in [1.54, 1.807) is 6.07 Å². The molecule has 1 aromatic heterocycles. The third-order valence-corrected chi connectivity index (χ3v) is 2.53. The van der Waals surface area contributed by atoms with Gasteiger partial charge >= 0.3 is 5.97 Å². The number of rotatable bonds is 3. The lowest BCUT2D eigenvalue weighted by Gasteiger charge is -2.08. The number of halogens is 2. The van der Waals surface area contributed by atoms with E-state index in [9.17, 15) is 9.18 Å². The molecule has 0 unspecified atom stereocenters. The lowest BCUT2D eigenvalue weighted by atomic mass is 10.2. The number of aromatic nitrogens is 1. The van der Waals surface area contributed by atoms with Crippen LogP contribution in [0.2, 0.25) is 5.15 Å². The maximum Gasteiger partial charge on any atom is 0.341 e. The fourth-order valence-electron chi connectivity index (χ4n) is 1.42. The first-order chi connectivity index (χ1) is 9.51. The molecule has 0 bridgehead atoms. The molecule has 0 aliphatic rings. The Kier molecular flexibility index (Phi) is 3.82. The minimum Gasteiger partial charge on any atom is -0.477 e. The quantitative estimate of drug-likeness (QED) is 0.878. The van der Waals surface area contributed by atoms with Gasteiger partial charge in [0.25, 0.3) is 0 Å². The number of benzene rings is 1. The van der Waals surface area contributed by atoms with Crippen molar-refractivity contribution in [3.63, 3.8) is 0 Å². The molecule has 0 saturated heterocycles. The standard InChI is InChI=1S/C13H6ClFN2O3/c14-11-4-2-8(13(18)19)12(17-11)20-10-3-1-7(6-16)5-9(10)15/h1-5H,(H,18,19). The largest absolute Gasteiger partial charge is 0.477 e. The summed E-state index contributed by atoms with van der Waals surface area (Å²) in [6.07, 6.45) is 0. The van der Waals surface area contributed by atoms with Crippen LogP contribution < -0.4 is 4.74 Å². The molecule has 2 aromatic rings. The summed E-state index contributed by atoms with van der Waals surface area (Å²) in [4.78, 5) is 14.7. The van der Waals surface area contributed by atoms with Gasteiger partial charge in [-0.3, -0.25) is 0 Å². The topological polar surface area (TPSA) is 83.2 Å². The van der Waals surface area contributed by atoms with Gasteiger partial charge in [0, 0.05) is 0 Å². The van der Waals surface area contributed by atoms with Crippen molar-refractivity contribution in [1.82, 2.24) is 4.98 Å². The van der Waals surface area contributed by atoms with Crippen LogP contribution in [0.1, 0.15) is 15.9 Å². The third kappa shape index (κ3) is 2.84. The fraction of sp³-hybridized carbons (Fsp3) is 0. The molecule has 7 heteroatoms. The van der Waals surface area contributed by atoms with E-state index < -0.39 is 11.8 Å². The summed E-state index contributed by atoms with van der Waals surface area (Å²) in [5, 5.41) is 17.6. The molecule has 1 N–H and O–H groups in total. The summed E-state index contributed by atoms with van der Waals surface area (Å²) in [7, 11) is 0. The van der Waals surface area contributed by atoms with E-state index in [0.717, 1.165) is 6.07 Å². The molecule has 1 aromatic carbocycles. The molecule has 0 saturated carbocycles. The Morgan fingerprint density at radius 2 is 2.15 bits per heavy atom. The lowest BCUT2D eigenvalue weighted by Crippen LogP contribution is -2.02. The number of carboxylic acid groups (broad SMARTS) is 1. The first kappa shape index (κ1) is 13.8. The van der Waals surface area contributed by atoms with Crippen LogP contribution in [0.4, 0.5) is 4.39 Å². The van der Waals surface area contributed by atoms with Crippen LogP contribution in [-0.4, -0.2) is 16.1 Å². The van der Waals surface area contributed by atoms with Gasteiger partial charge < -0.3 is 9.84 Å². The average Bonchev–Trinajstić information content (AvgIpc) is 2.40. The monoisotopic (exact) mass is 292 g/mol. The Morgan fingerprint density at radius 3 is 2.75 bits per heavy atom. The number of pyridine rings is 1. The van der Waals surface area contributed by atoms with Gasteiger partial charge in [-0.1, -0.05) is 11.6 Å². The Hall–Kier alpha value is -2.65. The molecule has 20 heavy (non-hydrogen) atoms. The number of aromatic carboxylic acids is 1. The Balaban J connectivity index is 2.42. The van der Waals surface area contributed by atoms with Crippen LogP contribution in [0.3, 0.4) is 0 Å². The SMILES string of the molecule is N#Cc1ccc(Oc2nc(Cl)ccc2C(=O)O)c(F)c1. The molecule has 5 nitrogen and oxygen atoms in total. The van der Waals surface area contributed by atoms with Gasteiger partial charge in [-0.25, -0.2) is 14.2 Å². The number of hydrogen-bond acceptors (Lipinski definition) is 4. The van der Waals surface area contributed by atoms with Crippen molar-refractivity contribution in [2.24, 2.45) is 0 Å². The maximum absolute atomic E-state index is 13.7. The van der Waals surface area contributed by atoms with Crippen LogP contribution in [0.5, 0.6) is 11.6 Å². The van der Waals surface area contributed by atoms with Gasteiger partial charge in [-0.05, 0) is 30.3 Å². The van der Waals surface area contributed by atoms with Crippen LogP contribution >= 0.6 is 11.6 Å². The van der Waals surface area contributed by atoms with Crippen molar-refractivity contribution in [1.29, 1.82) is 5.26 Å². The maximum atomic E-state index is 13.7. The number of nitrogens with zero attached hydrogens (tertiary/aromatic N) is 2. The lowest BCUT2D eigenvalue weighted by molar-refractivity contribution is 0.0693. The van der Waals surface area contributed by atoms with E-state index >= 15 is 0 Å². The van der Waals surface area contributed by atoms with Gasteiger partial charge in [0.15, 0.2) is 11.6 Å². The molecule has 0 fully saturated rings. The zero-order valence-corrected chi connectivity index (χ0v) is 10.6. The van der Waals surface area contributed by atoms with Crippen LogP contribution in [0, 0.1) is 17.1 Å². The predicted molar refractivity (Wildman–Crippen MR) is 67.4 cm³/mol. The molecule has 0 aliphatic heterocycles. The summed E-state index contributed by atoms with van der Waals surface area (Å²) < 4.78 is 18.8. The van der Waals surface area contributed by atoms with E-state index in [1.807, 2.05) is 0 Å². The average molecular weight is 293 g/mol. The number of carbonyl (C=O) groups is 1. The summed E-state index contributed by atoms with van der Waals surface area (Å²) in [5.41, 5.74) is -0.134. The molecule has 1 heterocycles. The second-order valence-corrected chi connectivity index (χ2v) is 4.04. The van der Waals surface area contributed by atoms with Crippen molar-refractivity contribution in [3.8, 4) is 17.7 Å². The van der Waals surface area contributed by atoms with E-state index in [1.165, 1.54) is 24.3 Å². The Morgan fingerprint density at radius 1 is 1.40 bits per heavy atom. The number of hydrogen-bond donors (Lipinski definition) is 1. The highest BCUT2D eigenvalue weighted by Gasteiger charge is 2.16. The van der Waals surface area contributed by atoms with Gasteiger partial charge in [0.05, 0.1) is 11.6 Å². The molecule has 0 amide bonds. The third-order valence-electron chi connectivity index (χ3n) is 2.32. The summed E-state index contributed by atoms with van der Waals surface area (Å²) in [6, 6.07) is 7.78. The van der Waals surface area contributed by atoms with Crippen molar-refractivity contribution >= 4 is 17.6 Å². The Bertz CT molecular complexity index is 728. The van der Waals surface area contributed by atoms with Gasteiger partial charge in [0.1, 0.15) is 10.7 Å². The predicted octanol–water partition coefficient (Wildman–Crippen LogP) is 3.24. The zero-order chi connectivity index (χ0) is 14.7. The Labute approximate surface area is 117 Å². The minimum absolute atomic E-state index is 0.0130. The molecule has 0 atom stereocenters. The van der Waals surface area contributed by atoms with Crippen LogP contribution in [0.25, 0.3) is 0 Å². The van der Waals surface area contributed by atoms with Gasteiger partial charge in [0.2, 0.25) is 5.88 Å². The van der Waals surface area contributed by atoms with E-state index in [-0.39, 0.29) is 27.9 Å². The highest BCUT2D eigenvalue weighted by molar-refractivity contribution is 6.29. The van der Waals surface area contributed by atoms with Crippen molar-refractivity contribution in [2.45, 2.75) is 0 Å². The van der Waals surface area contributed by atoms with Crippen molar-refractivity contribution in [3.05, 3.63) is 52.4 Å². The van der Waals surface area contributed by atoms with Crippen molar-refractivity contribution in [2.75, 3.05) is 0 Å². The van der Waals surface area contributed by atoms with E-state index in [0.29, 0.717) is 0 Å². The van der Waals surface area contributed by atoms with Crippen LogP contribution in [-0.2, 0) is 0 Å². The zero-order valence-electron chi connectivity index (χ0n) is 9.80. The second kappa shape index (κ2) is 5.55. The van der Waals surface area contributed by atoms with Crippen LogP contribution in [0.15, 0.2) is 30.3 Å². The molecular weight excluding hydrogens is 287 g/mol. The summed E-state index contributed by atoms with van der Waals surface area (Å²) in [5.74, 6) is -2.66. The van der Waals surface area contributed by atoms with Gasteiger partial charge in [-0.15, -0.1) is 0 Å².